The van der Waals surface area contributed by atoms with E-state index in [4.69, 9.17) is 4.74 Å². The van der Waals surface area contributed by atoms with E-state index in [0.29, 0.717) is 25.3 Å². The largest absolute Gasteiger partial charge is 0.381 e. The third kappa shape index (κ3) is 5.06. The minimum absolute atomic E-state index is 0.0446. The predicted molar refractivity (Wildman–Crippen MR) is 104 cm³/mol. The third-order valence-electron chi connectivity index (χ3n) is 4.18. The summed E-state index contributed by atoms with van der Waals surface area (Å²) in [5.74, 6) is 0.0446. The van der Waals surface area contributed by atoms with E-state index < -0.39 is 10.0 Å². The Bertz CT molecular complexity index is 827. The van der Waals surface area contributed by atoms with Gasteiger partial charge in [-0.3, -0.25) is 9.52 Å². The van der Waals surface area contributed by atoms with Crippen molar-refractivity contribution >= 4 is 38.6 Å². The fourth-order valence-electron chi connectivity index (χ4n) is 3.05. The van der Waals surface area contributed by atoms with E-state index in [0.717, 1.165) is 29.7 Å². The molecule has 1 N–H and O–H groups in total. The molecule has 1 aromatic carbocycles. The summed E-state index contributed by atoms with van der Waals surface area (Å²) in [6.45, 7) is 1.28. The Morgan fingerprint density at radius 2 is 1.92 bits per heavy atom. The molecule has 1 aliphatic heterocycles. The van der Waals surface area contributed by atoms with Crippen molar-refractivity contribution in [3.8, 4) is 0 Å². The predicted octanol–water partition coefficient (Wildman–Crippen LogP) is 2.87. The van der Waals surface area contributed by atoms with Gasteiger partial charge in [0.25, 0.3) is 0 Å². The van der Waals surface area contributed by atoms with Crippen LogP contribution in [0.25, 0.3) is 0 Å². The Balaban J connectivity index is 1.83. The number of sulfonamides is 1. The number of hydrogen-bond acceptors (Lipinski definition) is 5. The van der Waals surface area contributed by atoms with Crippen molar-refractivity contribution in [3.05, 3.63) is 46.7 Å². The zero-order valence-electron chi connectivity index (χ0n) is 14.6. The molecule has 0 saturated carbocycles. The molecule has 140 valence electrons. The van der Waals surface area contributed by atoms with Crippen LogP contribution in [-0.2, 0) is 26.0 Å². The van der Waals surface area contributed by atoms with E-state index in [9.17, 15) is 13.2 Å². The number of nitrogens with zero attached hydrogens (tertiary/aromatic N) is 1. The van der Waals surface area contributed by atoms with Gasteiger partial charge in [0.1, 0.15) is 0 Å². The normalized spacial score (nSPS) is 15.6. The monoisotopic (exact) mass is 394 g/mol. The van der Waals surface area contributed by atoms with Crippen LogP contribution >= 0.6 is 11.3 Å². The van der Waals surface area contributed by atoms with Crippen LogP contribution in [0.4, 0.5) is 11.4 Å². The summed E-state index contributed by atoms with van der Waals surface area (Å²) in [7, 11) is -3.33. The molecule has 0 atom stereocenters. The van der Waals surface area contributed by atoms with Gasteiger partial charge in [0, 0.05) is 35.5 Å². The van der Waals surface area contributed by atoms with Crippen LogP contribution in [0.5, 0.6) is 0 Å². The first-order valence-electron chi connectivity index (χ1n) is 8.42. The Hall–Kier alpha value is -1.90. The van der Waals surface area contributed by atoms with Crippen LogP contribution in [0.1, 0.15) is 17.7 Å². The van der Waals surface area contributed by atoms with Crippen molar-refractivity contribution in [1.29, 1.82) is 0 Å². The number of benzene rings is 1. The molecule has 0 radical (unpaired) electrons. The second-order valence-electron chi connectivity index (χ2n) is 6.28. The highest BCUT2D eigenvalue weighted by atomic mass is 32.2. The maximum Gasteiger partial charge on any atom is 0.232 e. The summed E-state index contributed by atoms with van der Waals surface area (Å²) < 4.78 is 30.6. The molecule has 1 amide bonds. The number of rotatable bonds is 6. The lowest BCUT2D eigenvalue weighted by Crippen LogP contribution is -2.44. The Labute approximate surface area is 157 Å². The summed E-state index contributed by atoms with van der Waals surface area (Å²) in [6.07, 6.45) is 3.05. The molecule has 1 aliphatic rings. The number of carbonyl (C=O) groups excluding carboxylic acids is 1. The number of hydrogen-bond donors (Lipinski definition) is 1. The van der Waals surface area contributed by atoms with Gasteiger partial charge >= 0.3 is 0 Å². The smallest absolute Gasteiger partial charge is 0.232 e. The van der Waals surface area contributed by atoms with E-state index >= 15 is 0 Å². The number of amides is 1. The quantitative estimate of drug-likeness (QED) is 0.817. The van der Waals surface area contributed by atoms with Crippen molar-refractivity contribution in [2.45, 2.75) is 25.3 Å². The molecule has 0 unspecified atom stereocenters. The molecule has 0 aliphatic carbocycles. The van der Waals surface area contributed by atoms with Crippen LogP contribution in [0.15, 0.2) is 41.8 Å². The van der Waals surface area contributed by atoms with Crippen LogP contribution < -0.4 is 9.62 Å². The number of nitrogens with one attached hydrogen (secondary N) is 1. The zero-order valence-corrected chi connectivity index (χ0v) is 16.2. The Morgan fingerprint density at radius 1 is 1.23 bits per heavy atom. The minimum atomic E-state index is -3.33. The third-order valence-corrected chi connectivity index (χ3v) is 5.66. The summed E-state index contributed by atoms with van der Waals surface area (Å²) in [5.41, 5.74) is 1.26. The average molecular weight is 395 g/mol. The Kier molecular flexibility index (Phi) is 5.95. The minimum Gasteiger partial charge on any atom is -0.381 e. The summed E-state index contributed by atoms with van der Waals surface area (Å²) >= 11 is 1.57. The first kappa shape index (κ1) is 18.9. The molecular weight excluding hydrogens is 372 g/mol. The fraction of sp³-hybridized carbons (Fsp3) is 0.389. The van der Waals surface area contributed by atoms with Crippen LogP contribution in [0.2, 0.25) is 0 Å². The van der Waals surface area contributed by atoms with Gasteiger partial charge in [0.2, 0.25) is 15.9 Å². The lowest BCUT2D eigenvalue weighted by molar-refractivity contribution is -0.118. The van der Waals surface area contributed by atoms with Gasteiger partial charge in [0.15, 0.2) is 0 Å². The van der Waals surface area contributed by atoms with Gasteiger partial charge in [-0.25, -0.2) is 8.42 Å². The second kappa shape index (κ2) is 8.20. The van der Waals surface area contributed by atoms with E-state index in [-0.39, 0.29) is 11.9 Å². The molecule has 1 fully saturated rings. The fourth-order valence-corrected chi connectivity index (χ4v) is 4.31. The molecule has 2 heterocycles. The standard InChI is InChI=1S/C18H22N2O4S2/c1-26(22,23)19-14-4-6-15(7-5-14)20(16-8-10-24-11-9-16)18(21)13-17-3-2-12-25-17/h2-7,12,16,19H,8-11,13H2,1H3. The van der Waals surface area contributed by atoms with E-state index in [2.05, 4.69) is 4.72 Å². The molecular formula is C18H22N2O4S2. The van der Waals surface area contributed by atoms with Crippen molar-refractivity contribution in [2.24, 2.45) is 0 Å². The molecule has 3 rings (SSSR count). The lowest BCUT2D eigenvalue weighted by atomic mass is 10.0. The van der Waals surface area contributed by atoms with Crippen LogP contribution in [-0.4, -0.2) is 39.8 Å². The molecule has 0 bridgehead atoms. The lowest BCUT2D eigenvalue weighted by Gasteiger charge is -2.34. The Morgan fingerprint density at radius 3 is 2.50 bits per heavy atom. The molecule has 1 saturated heterocycles. The van der Waals surface area contributed by atoms with Gasteiger partial charge in [-0.2, -0.15) is 0 Å². The molecule has 6 nitrogen and oxygen atoms in total. The van der Waals surface area contributed by atoms with Crippen molar-refractivity contribution in [2.75, 3.05) is 29.1 Å². The summed E-state index contributed by atoms with van der Waals surface area (Å²) in [4.78, 5) is 15.9. The van der Waals surface area contributed by atoms with E-state index in [1.807, 2.05) is 22.4 Å². The molecule has 0 spiro atoms. The molecule has 8 heteroatoms. The highest BCUT2D eigenvalue weighted by molar-refractivity contribution is 7.92. The number of carbonyl (C=O) groups is 1. The van der Waals surface area contributed by atoms with Gasteiger partial charge < -0.3 is 9.64 Å². The van der Waals surface area contributed by atoms with Crippen LogP contribution in [0, 0.1) is 0 Å². The maximum atomic E-state index is 13.0. The highest BCUT2D eigenvalue weighted by Gasteiger charge is 2.27. The zero-order chi connectivity index (χ0) is 18.6. The first-order chi connectivity index (χ1) is 12.4. The van der Waals surface area contributed by atoms with E-state index in [1.54, 1.807) is 35.6 Å². The topological polar surface area (TPSA) is 75.7 Å². The SMILES string of the molecule is CS(=O)(=O)Nc1ccc(N(C(=O)Cc2cccs2)C2CCOCC2)cc1. The number of ether oxygens (including phenoxy) is 1. The average Bonchev–Trinajstić information content (AvgIpc) is 3.09. The van der Waals surface area contributed by atoms with Crippen molar-refractivity contribution in [3.63, 3.8) is 0 Å². The maximum absolute atomic E-state index is 13.0. The van der Waals surface area contributed by atoms with Crippen LogP contribution in [0.3, 0.4) is 0 Å². The number of anilines is 2. The summed E-state index contributed by atoms with van der Waals surface area (Å²) in [6, 6.07) is 10.9. The van der Waals surface area contributed by atoms with Gasteiger partial charge in [-0.15, -0.1) is 11.3 Å². The van der Waals surface area contributed by atoms with E-state index in [1.165, 1.54) is 0 Å². The van der Waals surface area contributed by atoms with Crippen molar-refractivity contribution < 1.29 is 17.9 Å². The highest BCUT2D eigenvalue weighted by Crippen LogP contribution is 2.26. The number of thiophene rings is 1. The summed E-state index contributed by atoms with van der Waals surface area (Å²) in [5, 5.41) is 1.97. The van der Waals surface area contributed by atoms with Gasteiger partial charge in [-0.1, -0.05) is 6.07 Å². The molecule has 26 heavy (non-hydrogen) atoms. The second-order valence-corrected chi connectivity index (χ2v) is 9.07. The van der Waals surface area contributed by atoms with Crippen molar-refractivity contribution in [1.82, 2.24) is 0 Å². The molecule has 1 aromatic heterocycles. The van der Waals surface area contributed by atoms with Gasteiger partial charge in [-0.05, 0) is 48.6 Å². The first-order valence-corrected chi connectivity index (χ1v) is 11.2. The van der Waals surface area contributed by atoms with Gasteiger partial charge in [0.05, 0.1) is 12.7 Å². The molecule has 2 aromatic rings.